The zero-order chi connectivity index (χ0) is 11.0. The topological polar surface area (TPSA) is 45.2 Å². The van der Waals surface area contributed by atoms with Crippen LogP contribution in [0.3, 0.4) is 0 Å². The molecule has 0 aliphatic carbocycles. The lowest BCUT2D eigenvalue weighted by molar-refractivity contribution is -0.111. The molecule has 4 nitrogen and oxygen atoms in total. The number of benzene rings is 1. The molecule has 2 unspecified atom stereocenters. The monoisotopic (exact) mass is 216 g/mol. The van der Waals surface area contributed by atoms with Crippen molar-refractivity contribution in [3.63, 3.8) is 0 Å². The van der Waals surface area contributed by atoms with Crippen LogP contribution in [0.1, 0.15) is 11.6 Å². The van der Waals surface area contributed by atoms with Gasteiger partial charge in [0.15, 0.2) is 0 Å². The molecule has 1 aromatic rings. The molecule has 82 valence electrons. The van der Waals surface area contributed by atoms with Crippen molar-refractivity contribution in [1.29, 1.82) is 0 Å². The lowest BCUT2D eigenvalue weighted by Gasteiger charge is -2.29. The zero-order valence-electron chi connectivity index (χ0n) is 8.74. The molecule has 1 saturated heterocycles. The number of rotatable bonds is 3. The van der Waals surface area contributed by atoms with Crippen molar-refractivity contribution < 1.29 is 9.53 Å². The van der Waals surface area contributed by atoms with Gasteiger partial charge in [0.2, 0.25) is 0 Å². The van der Waals surface area contributed by atoms with Crippen LogP contribution in [-0.2, 0) is 9.53 Å². The maximum Gasteiger partial charge on any atom is 0.147 e. The van der Waals surface area contributed by atoms with E-state index in [0.29, 0.717) is 0 Å². The molecule has 1 fully saturated rings. The Morgan fingerprint density at radius 1 is 1.50 bits per heavy atom. The predicted molar refractivity (Wildman–Crippen MR) is 59.8 cm³/mol. The summed E-state index contributed by atoms with van der Waals surface area (Å²) in [6, 6.07) is 7.51. The minimum atomic E-state index is -0.224. The molecule has 0 aromatic heterocycles. The number of hydrogen-bond donors (Lipinski definition) is 0. The van der Waals surface area contributed by atoms with Gasteiger partial charge in [0, 0.05) is 12.1 Å². The average molecular weight is 216 g/mol. The third-order valence-corrected chi connectivity index (χ3v) is 2.90. The number of carbonyl (C=O) groups is 1. The standard InChI is InChI=1S/C12H12N2O2/c15-6-12-10-3-1-2-4-11(10)13-8-14(12)5-9-7-16-9/h1-4,6,8-9,12H,5,7H2. The number of epoxide rings is 1. The van der Waals surface area contributed by atoms with Gasteiger partial charge in [0.05, 0.1) is 24.7 Å². The fraction of sp³-hybridized carbons (Fsp3) is 0.333. The Kier molecular flexibility index (Phi) is 2.22. The Labute approximate surface area is 93.5 Å². The molecule has 0 radical (unpaired) electrons. The van der Waals surface area contributed by atoms with Gasteiger partial charge in [0.1, 0.15) is 12.3 Å². The van der Waals surface area contributed by atoms with E-state index in [4.69, 9.17) is 4.74 Å². The van der Waals surface area contributed by atoms with E-state index in [1.165, 1.54) is 0 Å². The summed E-state index contributed by atoms with van der Waals surface area (Å²) < 4.78 is 5.17. The van der Waals surface area contributed by atoms with Crippen LogP contribution in [0.15, 0.2) is 29.3 Å². The van der Waals surface area contributed by atoms with E-state index in [9.17, 15) is 4.79 Å². The maximum atomic E-state index is 11.2. The van der Waals surface area contributed by atoms with Crippen molar-refractivity contribution in [2.75, 3.05) is 13.2 Å². The highest BCUT2D eigenvalue weighted by Gasteiger charge is 2.30. The highest BCUT2D eigenvalue weighted by Crippen LogP contribution is 2.32. The smallest absolute Gasteiger partial charge is 0.147 e. The summed E-state index contributed by atoms with van der Waals surface area (Å²) in [6.07, 6.45) is 2.97. The largest absolute Gasteiger partial charge is 0.371 e. The minimum Gasteiger partial charge on any atom is -0.371 e. The average Bonchev–Trinajstić information content (AvgIpc) is 3.13. The highest BCUT2D eigenvalue weighted by atomic mass is 16.6. The van der Waals surface area contributed by atoms with Crippen molar-refractivity contribution in [1.82, 2.24) is 4.90 Å². The molecule has 0 bridgehead atoms. The summed E-state index contributed by atoms with van der Waals surface area (Å²) >= 11 is 0. The summed E-state index contributed by atoms with van der Waals surface area (Å²) in [5, 5.41) is 0. The summed E-state index contributed by atoms with van der Waals surface area (Å²) in [5.41, 5.74) is 1.85. The van der Waals surface area contributed by atoms with Crippen molar-refractivity contribution in [2.45, 2.75) is 12.1 Å². The van der Waals surface area contributed by atoms with Gasteiger partial charge in [0.25, 0.3) is 0 Å². The van der Waals surface area contributed by atoms with Crippen molar-refractivity contribution in [2.24, 2.45) is 4.99 Å². The fourth-order valence-electron chi connectivity index (χ4n) is 1.96. The quantitative estimate of drug-likeness (QED) is 0.565. The molecule has 1 aromatic carbocycles. The van der Waals surface area contributed by atoms with Crippen molar-refractivity contribution in [3.8, 4) is 0 Å². The first-order valence-corrected chi connectivity index (χ1v) is 5.34. The van der Waals surface area contributed by atoms with Gasteiger partial charge in [-0.25, -0.2) is 4.99 Å². The lowest BCUT2D eigenvalue weighted by Crippen LogP contribution is -2.33. The van der Waals surface area contributed by atoms with E-state index >= 15 is 0 Å². The SMILES string of the molecule is O=CC1c2ccccc2N=CN1CC1CO1. The van der Waals surface area contributed by atoms with Gasteiger partial charge in [-0.1, -0.05) is 18.2 Å². The van der Waals surface area contributed by atoms with Crippen LogP contribution in [0, 0.1) is 0 Å². The summed E-state index contributed by atoms with van der Waals surface area (Å²) in [6.45, 7) is 1.53. The van der Waals surface area contributed by atoms with Crippen LogP contribution < -0.4 is 0 Å². The van der Waals surface area contributed by atoms with E-state index in [-0.39, 0.29) is 12.1 Å². The third kappa shape index (κ3) is 1.61. The van der Waals surface area contributed by atoms with Gasteiger partial charge < -0.3 is 14.4 Å². The molecular formula is C12H12N2O2. The minimum absolute atomic E-state index is 0.224. The molecular weight excluding hydrogens is 204 g/mol. The molecule has 0 spiro atoms. The van der Waals surface area contributed by atoms with Crippen LogP contribution in [0.2, 0.25) is 0 Å². The Morgan fingerprint density at radius 3 is 3.06 bits per heavy atom. The van der Waals surface area contributed by atoms with Crippen LogP contribution >= 0.6 is 0 Å². The second kappa shape index (κ2) is 3.72. The van der Waals surface area contributed by atoms with Crippen molar-refractivity contribution in [3.05, 3.63) is 29.8 Å². The number of aldehydes is 1. The molecule has 2 aliphatic rings. The Hall–Kier alpha value is -1.68. The Bertz CT molecular complexity index is 440. The van der Waals surface area contributed by atoms with Crippen LogP contribution in [0.4, 0.5) is 5.69 Å². The molecule has 2 aliphatic heterocycles. The number of aliphatic imine (C=N–C) groups is 1. The predicted octanol–water partition coefficient (Wildman–Crippen LogP) is 1.30. The Balaban J connectivity index is 1.91. The molecule has 0 saturated carbocycles. The van der Waals surface area contributed by atoms with E-state index < -0.39 is 0 Å². The number of para-hydroxylation sites is 1. The first-order valence-electron chi connectivity index (χ1n) is 5.34. The number of ether oxygens (including phenoxy) is 1. The molecule has 2 heterocycles. The zero-order valence-corrected chi connectivity index (χ0v) is 8.74. The molecule has 0 amide bonds. The second-order valence-corrected chi connectivity index (χ2v) is 4.04. The van der Waals surface area contributed by atoms with Gasteiger partial charge in [-0.2, -0.15) is 0 Å². The van der Waals surface area contributed by atoms with Crippen LogP contribution in [0.5, 0.6) is 0 Å². The van der Waals surface area contributed by atoms with Gasteiger partial charge >= 0.3 is 0 Å². The fourth-order valence-corrected chi connectivity index (χ4v) is 1.96. The molecule has 16 heavy (non-hydrogen) atoms. The lowest BCUT2D eigenvalue weighted by atomic mass is 10.0. The van der Waals surface area contributed by atoms with E-state index in [2.05, 4.69) is 4.99 Å². The van der Waals surface area contributed by atoms with E-state index in [1.807, 2.05) is 29.2 Å². The summed E-state index contributed by atoms with van der Waals surface area (Å²) in [7, 11) is 0. The molecule has 3 rings (SSSR count). The highest BCUT2D eigenvalue weighted by molar-refractivity contribution is 5.77. The van der Waals surface area contributed by atoms with Gasteiger partial charge in [-0.15, -0.1) is 0 Å². The molecule has 0 N–H and O–H groups in total. The maximum absolute atomic E-state index is 11.2. The van der Waals surface area contributed by atoms with Crippen LogP contribution in [0.25, 0.3) is 0 Å². The normalized spacial score (nSPS) is 26.4. The number of nitrogens with zero attached hydrogens (tertiary/aromatic N) is 2. The first-order chi connectivity index (χ1) is 7.88. The van der Waals surface area contributed by atoms with Gasteiger partial charge in [-0.3, -0.25) is 0 Å². The molecule has 2 atom stereocenters. The van der Waals surface area contributed by atoms with E-state index in [1.54, 1.807) is 6.34 Å². The van der Waals surface area contributed by atoms with Gasteiger partial charge in [-0.05, 0) is 6.07 Å². The number of carbonyl (C=O) groups excluding carboxylic acids is 1. The van der Waals surface area contributed by atoms with E-state index in [0.717, 1.165) is 30.7 Å². The summed E-state index contributed by atoms with van der Waals surface area (Å²) in [5.74, 6) is 0. The van der Waals surface area contributed by atoms with Crippen molar-refractivity contribution >= 4 is 18.3 Å². The second-order valence-electron chi connectivity index (χ2n) is 4.04. The third-order valence-electron chi connectivity index (χ3n) is 2.90. The number of hydrogen-bond acceptors (Lipinski definition) is 4. The number of fused-ring (bicyclic) bond motifs is 1. The molecule has 4 heteroatoms. The first kappa shape index (κ1) is 9.54. The summed E-state index contributed by atoms with van der Waals surface area (Å²) in [4.78, 5) is 17.5. The van der Waals surface area contributed by atoms with Crippen LogP contribution in [-0.4, -0.2) is 36.8 Å². The Morgan fingerprint density at radius 2 is 2.31 bits per heavy atom.